The molecule has 1 aromatic carbocycles. The highest BCUT2D eigenvalue weighted by Crippen LogP contribution is 2.34. The third kappa shape index (κ3) is 4.34. The fourth-order valence-electron chi connectivity index (χ4n) is 2.50. The second-order valence-electron chi connectivity index (χ2n) is 5.70. The zero-order chi connectivity index (χ0) is 15.2. The van der Waals surface area contributed by atoms with E-state index in [2.05, 4.69) is 24.1 Å². The molecule has 1 aromatic rings. The van der Waals surface area contributed by atoms with Gasteiger partial charge in [-0.3, -0.25) is 4.79 Å². The van der Waals surface area contributed by atoms with Crippen LogP contribution in [0, 0.1) is 24.7 Å². The molecule has 1 unspecified atom stereocenters. The van der Waals surface area contributed by atoms with Crippen LogP contribution in [0.2, 0.25) is 0 Å². The number of benzene rings is 1. The molecule has 3 heteroatoms. The topological polar surface area (TPSA) is 49.3 Å². The van der Waals surface area contributed by atoms with E-state index in [0.717, 1.165) is 29.9 Å². The van der Waals surface area contributed by atoms with Gasteiger partial charge in [0.1, 0.15) is 6.61 Å². The zero-order valence-electron chi connectivity index (χ0n) is 12.8. The lowest BCUT2D eigenvalue weighted by atomic mass is 10.0. The minimum absolute atomic E-state index is 0.0207. The number of carbonyl (C=O) groups is 1. The average Bonchev–Trinajstić information content (AvgIpc) is 3.29. The molecule has 21 heavy (non-hydrogen) atoms. The molecule has 0 spiro atoms. The van der Waals surface area contributed by atoms with Gasteiger partial charge in [0.05, 0.1) is 0 Å². The summed E-state index contributed by atoms with van der Waals surface area (Å²) in [4.78, 5) is 12.5. The van der Waals surface area contributed by atoms with Crippen molar-refractivity contribution in [2.24, 2.45) is 5.92 Å². The van der Waals surface area contributed by atoms with Gasteiger partial charge in [0.25, 0.3) is 5.91 Å². The number of amides is 1. The van der Waals surface area contributed by atoms with Crippen LogP contribution < -0.4 is 5.32 Å². The lowest BCUT2D eigenvalue weighted by Gasteiger charge is -2.17. The van der Waals surface area contributed by atoms with Crippen LogP contribution in [0.5, 0.6) is 0 Å². The van der Waals surface area contributed by atoms with Crippen molar-refractivity contribution in [3.8, 4) is 11.8 Å². The van der Waals surface area contributed by atoms with Gasteiger partial charge in [-0.2, -0.15) is 0 Å². The standard InChI is InChI=1S/C18H23NO2/c1-3-16(12-14-9-10-14)19-18(21)17-8-4-6-15(13(17)2)7-5-11-20/h4,6,8,14,16,20H,3,9-12H2,1-2H3,(H,19,21). The smallest absolute Gasteiger partial charge is 0.251 e. The molecule has 2 N–H and O–H groups in total. The summed E-state index contributed by atoms with van der Waals surface area (Å²) >= 11 is 0. The van der Waals surface area contributed by atoms with Gasteiger partial charge in [-0.05, 0) is 43.4 Å². The largest absolute Gasteiger partial charge is 0.384 e. The maximum atomic E-state index is 12.5. The Balaban J connectivity index is 2.10. The molecule has 112 valence electrons. The molecule has 0 radical (unpaired) electrons. The molecule has 3 nitrogen and oxygen atoms in total. The van der Waals surface area contributed by atoms with Gasteiger partial charge in [-0.25, -0.2) is 0 Å². The van der Waals surface area contributed by atoms with E-state index < -0.39 is 0 Å². The molecule has 1 atom stereocenters. The van der Waals surface area contributed by atoms with E-state index in [1.165, 1.54) is 12.8 Å². The second-order valence-corrected chi connectivity index (χ2v) is 5.70. The van der Waals surface area contributed by atoms with Crippen LogP contribution >= 0.6 is 0 Å². The van der Waals surface area contributed by atoms with Crippen molar-refractivity contribution in [1.82, 2.24) is 5.32 Å². The van der Waals surface area contributed by atoms with Crippen LogP contribution in [-0.2, 0) is 0 Å². The van der Waals surface area contributed by atoms with Crippen LogP contribution in [0.4, 0.5) is 0 Å². The molecule has 0 aromatic heterocycles. The Morgan fingerprint density at radius 2 is 2.24 bits per heavy atom. The Morgan fingerprint density at radius 1 is 1.48 bits per heavy atom. The van der Waals surface area contributed by atoms with E-state index in [9.17, 15) is 4.79 Å². The molecule has 1 aliphatic rings. The van der Waals surface area contributed by atoms with Crippen molar-refractivity contribution < 1.29 is 9.90 Å². The lowest BCUT2D eigenvalue weighted by Crippen LogP contribution is -2.35. The van der Waals surface area contributed by atoms with Crippen LogP contribution in [0.15, 0.2) is 18.2 Å². The van der Waals surface area contributed by atoms with E-state index in [4.69, 9.17) is 5.11 Å². The van der Waals surface area contributed by atoms with Gasteiger partial charge in [0.15, 0.2) is 0 Å². The van der Waals surface area contributed by atoms with Crippen molar-refractivity contribution in [3.63, 3.8) is 0 Å². The minimum atomic E-state index is -0.171. The monoisotopic (exact) mass is 285 g/mol. The van der Waals surface area contributed by atoms with Crippen LogP contribution in [0.1, 0.15) is 54.1 Å². The zero-order valence-corrected chi connectivity index (χ0v) is 12.8. The first kappa shape index (κ1) is 15.6. The Morgan fingerprint density at radius 3 is 2.86 bits per heavy atom. The molecule has 1 fully saturated rings. The SMILES string of the molecule is CCC(CC1CC1)NC(=O)c1cccc(C#CCO)c1C. The Hall–Kier alpha value is -1.79. The van der Waals surface area contributed by atoms with Gasteiger partial charge in [-0.15, -0.1) is 0 Å². The van der Waals surface area contributed by atoms with E-state index in [1.54, 1.807) is 0 Å². The van der Waals surface area contributed by atoms with Crippen LogP contribution in [-0.4, -0.2) is 23.7 Å². The van der Waals surface area contributed by atoms with Gasteiger partial charge in [0, 0.05) is 17.2 Å². The highest BCUT2D eigenvalue weighted by Gasteiger charge is 2.26. The number of aliphatic hydroxyl groups excluding tert-OH is 1. The Labute approximate surface area is 126 Å². The van der Waals surface area contributed by atoms with E-state index in [1.807, 2.05) is 25.1 Å². The maximum Gasteiger partial charge on any atom is 0.251 e. The van der Waals surface area contributed by atoms with Gasteiger partial charge in [0.2, 0.25) is 0 Å². The Kier molecular flexibility index (Phi) is 5.41. The number of nitrogens with one attached hydrogen (secondary N) is 1. The molecule has 0 bridgehead atoms. The summed E-state index contributed by atoms with van der Waals surface area (Å²) in [7, 11) is 0. The molecule has 1 aliphatic carbocycles. The van der Waals surface area contributed by atoms with Crippen LogP contribution in [0.25, 0.3) is 0 Å². The summed E-state index contributed by atoms with van der Waals surface area (Å²) in [5, 5.41) is 11.9. The van der Waals surface area contributed by atoms with Crippen molar-refractivity contribution in [2.45, 2.75) is 45.6 Å². The number of hydrogen-bond acceptors (Lipinski definition) is 2. The number of aliphatic hydroxyl groups is 1. The average molecular weight is 285 g/mol. The summed E-state index contributed by atoms with van der Waals surface area (Å²) in [5.41, 5.74) is 2.35. The summed E-state index contributed by atoms with van der Waals surface area (Å²) in [6.45, 7) is 3.84. The van der Waals surface area contributed by atoms with Crippen LogP contribution in [0.3, 0.4) is 0 Å². The lowest BCUT2D eigenvalue weighted by molar-refractivity contribution is 0.0932. The van der Waals surface area contributed by atoms with Crippen molar-refractivity contribution in [3.05, 3.63) is 34.9 Å². The first-order chi connectivity index (χ1) is 10.2. The fourth-order valence-corrected chi connectivity index (χ4v) is 2.50. The number of carbonyl (C=O) groups excluding carboxylic acids is 1. The molecule has 0 aliphatic heterocycles. The second kappa shape index (κ2) is 7.28. The fraction of sp³-hybridized carbons (Fsp3) is 0.500. The summed E-state index contributed by atoms with van der Waals surface area (Å²) in [6, 6.07) is 5.80. The quantitative estimate of drug-likeness (QED) is 0.817. The predicted octanol–water partition coefficient (Wildman–Crippen LogP) is 2.65. The number of rotatable bonds is 5. The summed E-state index contributed by atoms with van der Waals surface area (Å²) in [5.74, 6) is 6.30. The van der Waals surface area contributed by atoms with E-state index in [0.29, 0.717) is 5.56 Å². The number of hydrogen-bond donors (Lipinski definition) is 2. The molecule has 2 rings (SSSR count). The van der Waals surface area contributed by atoms with Crippen molar-refractivity contribution >= 4 is 5.91 Å². The predicted molar refractivity (Wildman–Crippen MR) is 84.0 cm³/mol. The van der Waals surface area contributed by atoms with Crippen molar-refractivity contribution in [1.29, 1.82) is 0 Å². The third-order valence-corrected chi connectivity index (χ3v) is 4.02. The van der Waals surface area contributed by atoms with E-state index >= 15 is 0 Å². The normalized spacial score (nSPS) is 15.0. The molecular formula is C18H23NO2. The van der Waals surface area contributed by atoms with E-state index in [-0.39, 0.29) is 18.6 Å². The minimum Gasteiger partial charge on any atom is -0.384 e. The molecule has 1 saturated carbocycles. The summed E-state index contributed by atoms with van der Waals surface area (Å²) in [6.07, 6.45) is 4.66. The van der Waals surface area contributed by atoms with Gasteiger partial charge in [-0.1, -0.05) is 37.7 Å². The van der Waals surface area contributed by atoms with Crippen molar-refractivity contribution in [2.75, 3.05) is 6.61 Å². The first-order valence-electron chi connectivity index (χ1n) is 7.65. The first-order valence-corrected chi connectivity index (χ1v) is 7.65. The molecule has 0 heterocycles. The third-order valence-electron chi connectivity index (χ3n) is 4.02. The highest BCUT2D eigenvalue weighted by atomic mass is 16.2. The van der Waals surface area contributed by atoms with Gasteiger partial charge < -0.3 is 10.4 Å². The molecule has 1 amide bonds. The Bertz CT molecular complexity index is 564. The molecular weight excluding hydrogens is 262 g/mol. The summed E-state index contributed by atoms with van der Waals surface area (Å²) < 4.78 is 0. The highest BCUT2D eigenvalue weighted by molar-refractivity contribution is 5.96. The molecule has 0 saturated heterocycles. The maximum absolute atomic E-state index is 12.5. The van der Waals surface area contributed by atoms with Gasteiger partial charge >= 0.3 is 0 Å².